The van der Waals surface area contributed by atoms with Crippen LogP contribution in [0.2, 0.25) is 5.02 Å². The van der Waals surface area contributed by atoms with Crippen LogP contribution in [-0.4, -0.2) is 18.5 Å². The van der Waals surface area contributed by atoms with E-state index in [-0.39, 0.29) is 5.91 Å². The molecule has 0 aromatic heterocycles. The lowest BCUT2D eigenvalue weighted by Gasteiger charge is -2.12. The number of hydrogen-bond acceptors (Lipinski definition) is 2. The van der Waals surface area contributed by atoms with Gasteiger partial charge in [0.05, 0.1) is 11.3 Å². The van der Waals surface area contributed by atoms with E-state index < -0.39 is 6.03 Å². The number of halogens is 1. The number of hydrogen-bond donors (Lipinski definition) is 3. The Morgan fingerprint density at radius 2 is 1.57 bits per heavy atom. The number of anilines is 2. The standard InChI is InChI=1S/C22H20ClN3O2/c23-17-9-6-10-18(15-17)25-22(28)26-20-12-5-4-11-19(20)21(27)24-14-13-16-7-2-1-3-8-16/h1-12,15H,13-14H2,(H,24,27)(H2,25,26,28). The van der Waals surface area contributed by atoms with Gasteiger partial charge in [-0.25, -0.2) is 4.79 Å². The molecular weight excluding hydrogens is 374 g/mol. The summed E-state index contributed by atoms with van der Waals surface area (Å²) in [7, 11) is 0. The van der Waals surface area contributed by atoms with E-state index in [9.17, 15) is 9.59 Å². The lowest BCUT2D eigenvalue weighted by Crippen LogP contribution is -2.28. The number of rotatable bonds is 6. The van der Waals surface area contributed by atoms with Crippen molar-refractivity contribution in [3.63, 3.8) is 0 Å². The third-order valence-electron chi connectivity index (χ3n) is 4.04. The van der Waals surface area contributed by atoms with Crippen LogP contribution in [-0.2, 0) is 6.42 Å². The van der Waals surface area contributed by atoms with Crippen molar-refractivity contribution < 1.29 is 9.59 Å². The summed E-state index contributed by atoms with van der Waals surface area (Å²) in [5.74, 6) is -0.241. The van der Waals surface area contributed by atoms with Gasteiger partial charge in [0, 0.05) is 17.3 Å². The maximum Gasteiger partial charge on any atom is 0.323 e. The Hall–Kier alpha value is -3.31. The second-order valence-electron chi connectivity index (χ2n) is 6.13. The molecule has 6 heteroatoms. The van der Waals surface area contributed by atoms with Gasteiger partial charge in [0.15, 0.2) is 0 Å². The van der Waals surface area contributed by atoms with Gasteiger partial charge < -0.3 is 16.0 Å². The van der Waals surface area contributed by atoms with E-state index in [2.05, 4.69) is 16.0 Å². The van der Waals surface area contributed by atoms with E-state index in [0.29, 0.717) is 28.5 Å². The van der Waals surface area contributed by atoms with Crippen LogP contribution in [0.1, 0.15) is 15.9 Å². The van der Waals surface area contributed by atoms with Crippen LogP contribution in [0.3, 0.4) is 0 Å². The largest absolute Gasteiger partial charge is 0.352 e. The maximum atomic E-state index is 12.5. The summed E-state index contributed by atoms with van der Waals surface area (Å²) in [6, 6.07) is 23.2. The smallest absolute Gasteiger partial charge is 0.323 e. The third kappa shape index (κ3) is 5.59. The van der Waals surface area contributed by atoms with Gasteiger partial charge >= 0.3 is 6.03 Å². The Kier molecular flexibility index (Phi) is 6.65. The van der Waals surface area contributed by atoms with Crippen LogP contribution < -0.4 is 16.0 Å². The zero-order chi connectivity index (χ0) is 19.8. The van der Waals surface area contributed by atoms with Crippen LogP contribution in [0.4, 0.5) is 16.2 Å². The number of nitrogens with one attached hydrogen (secondary N) is 3. The highest BCUT2D eigenvalue weighted by Gasteiger charge is 2.13. The Bertz CT molecular complexity index is 961. The van der Waals surface area contributed by atoms with Crippen molar-refractivity contribution in [1.82, 2.24) is 5.32 Å². The van der Waals surface area contributed by atoms with Crippen molar-refractivity contribution in [2.24, 2.45) is 0 Å². The molecule has 3 aromatic carbocycles. The first-order chi connectivity index (χ1) is 13.6. The van der Waals surface area contributed by atoms with Crippen molar-refractivity contribution >= 4 is 34.9 Å². The molecule has 0 saturated heterocycles. The van der Waals surface area contributed by atoms with Gasteiger partial charge in [0.1, 0.15) is 0 Å². The molecule has 0 aliphatic rings. The summed E-state index contributed by atoms with van der Waals surface area (Å²) in [6.07, 6.45) is 0.734. The van der Waals surface area contributed by atoms with Gasteiger partial charge in [0.25, 0.3) is 5.91 Å². The molecule has 0 aliphatic heterocycles. The average molecular weight is 394 g/mol. The van der Waals surface area contributed by atoms with Gasteiger partial charge in [-0.2, -0.15) is 0 Å². The predicted octanol–water partition coefficient (Wildman–Crippen LogP) is 4.96. The Labute approximate surface area is 168 Å². The van der Waals surface area contributed by atoms with E-state index >= 15 is 0 Å². The number of urea groups is 1. The Morgan fingerprint density at radius 3 is 2.36 bits per heavy atom. The molecule has 3 aromatic rings. The maximum absolute atomic E-state index is 12.5. The van der Waals surface area contributed by atoms with E-state index in [4.69, 9.17) is 11.6 Å². The van der Waals surface area contributed by atoms with Gasteiger partial charge in [-0.15, -0.1) is 0 Å². The first-order valence-electron chi connectivity index (χ1n) is 8.86. The first-order valence-corrected chi connectivity index (χ1v) is 9.24. The summed E-state index contributed by atoms with van der Waals surface area (Å²) in [6.45, 7) is 0.506. The lowest BCUT2D eigenvalue weighted by atomic mass is 10.1. The molecule has 0 atom stereocenters. The molecule has 0 aliphatic carbocycles. The summed E-state index contributed by atoms with van der Waals surface area (Å²) in [5, 5.41) is 8.82. The van der Waals surface area contributed by atoms with E-state index in [1.54, 1.807) is 48.5 Å². The molecule has 0 spiro atoms. The van der Waals surface area contributed by atoms with Crippen LogP contribution >= 0.6 is 11.6 Å². The van der Waals surface area contributed by atoms with Gasteiger partial charge in [0.2, 0.25) is 0 Å². The fourth-order valence-electron chi connectivity index (χ4n) is 2.70. The highest BCUT2D eigenvalue weighted by atomic mass is 35.5. The first kappa shape index (κ1) is 19.5. The Balaban J connectivity index is 1.60. The van der Waals surface area contributed by atoms with Crippen LogP contribution in [0.25, 0.3) is 0 Å². The van der Waals surface area contributed by atoms with Crippen molar-refractivity contribution in [3.05, 3.63) is 95.0 Å². The number of amides is 3. The fraction of sp³-hybridized carbons (Fsp3) is 0.0909. The third-order valence-corrected chi connectivity index (χ3v) is 4.28. The predicted molar refractivity (Wildman–Crippen MR) is 113 cm³/mol. The van der Waals surface area contributed by atoms with E-state index in [0.717, 1.165) is 12.0 Å². The molecule has 0 radical (unpaired) electrons. The van der Waals surface area contributed by atoms with Gasteiger partial charge in [-0.3, -0.25) is 4.79 Å². The molecule has 0 unspecified atom stereocenters. The van der Waals surface area contributed by atoms with Gasteiger partial charge in [-0.1, -0.05) is 60.1 Å². The molecule has 0 saturated carbocycles. The second-order valence-corrected chi connectivity index (χ2v) is 6.56. The normalized spacial score (nSPS) is 10.2. The topological polar surface area (TPSA) is 70.2 Å². The second kappa shape index (κ2) is 9.58. The zero-order valence-corrected chi connectivity index (χ0v) is 15.9. The molecule has 142 valence electrons. The minimum absolute atomic E-state index is 0.241. The highest BCUT2D eigenvalue weighted by molar-refractivity contribution is 6.30. The fourth-order valence-corrected chi connectivity index (χ4v) is 2.89. The molecule has 3 N–H and O–H groups in total. The van der Waals surface area contributed by atoms with Crippen molar-refractivity contribution in [2.75, 3.05) is 17.2 Å². The average Bonchev–Trinajstić information content (AvgIpc) is 2.69. The highest BCUT2D eigenvalue weighted by Crippen LogP contribution is 2.18. The molecule has 0 bridgehead atoms. The minimum atomic E-state index is -0.452. The minimum Gasteiger partial charge on any atom is -0.352 e. The van der Waals surface area contributed by atoms with Crippen molar-refractivity contribution in [1.29, 1.82) is 0 Å². The summed E-state index contributed by atoms with van der Waals surface area (Å²) in [5.41, 5.74) is 2.54. The van der Waals surface area contributed by atoms with E-state index in [1.807, 2.05) is 30.3 Å². The molecule has 0 heterocycles. The lowest BCUT2D eigenvalue weighted by molar-refractivity contribution is 0.0955. The molecule has 3 amide bonds. The SMILES string of the molecule is O=C(Nc1cccc(Cl)c1)Nc1ccccc1C(=O)NCCc1ccccc1. The Morgan fingerprint density at radius 1 is 0.821 bits per heavy atom. The van der Waals surface area contributed by atoms with Crippen molar-refractivity contribution in [3.8, 4) is 0 Å². The molecule has 3 rings (SSSR count). The van der Waals surface area contributed by atoms with Gasteiger partial charge in [-0.05, 0) is 42.3 Å². The van der Waals surface area contributed by atoms with E-state index in [1.165, 1.54) is 0 Å². The number of para-hydroxylation sites is 1. The molecule has 5 nitrogen and oxygen atoms in total. The van der Waals surface area contributed by atoms with Crippen LogP contribution in [0.5, 0.6) is 0 Å². The van der Waals surface area contributed by atoms with Crippen LogP contribution in [0.15, 0.2) is 78.9 Å². The monoisotopic (exact) mass is 393 g/mol. The number of benzene rings is 3. The molecular formula is C22H20ClN3O2. The number of carbonyl (C=O) groups is 2. The molecule has 0 fully saturated rings. The summed E-state index contributed by atoms with van der Waals surface area (Å²) < 4.78 is 0. The van der Waals surface area contributed by atoms with Crippen molar-refractivity contribution in [2.45, 2.75) is 6.42 Å². The summed E-state index contributed by atoms with van der Waals surface area (Å²) in [4.78, 5) is 24.8. The quantitative estimate of drug-likeness (QED) is 0.554. The zero-order valence-electron chi connectivity index (χ0n) is 15.1. The summed E-state index contributed by atoms with van der Waals surface area (Å²) >= 11 is 5.92. The van der Waals surface area contributed by atoms with Crippen LogP contribution in [0, 0.1) is 0 Å². The number of carbonyl (C=O) groups excluding carboxylic acids is 2. The molecule has 28 heavy (non-hydrogen) atoms.